The second-order valence-corrected chi connectivity index (χ2v) is 9.01. The largest absolute Gasteiger partial charge is 0.394 e. The van der Waals surface area contributed by atoms with Gasteiger partial charge in [0.25, 0.3) is 0 Å². The Morgan fingerprint density at radius 3 is 2.10 bits per heavy atom. The Kier molecular flexibility index (Phi) is 5.31. The van der Waals surface area contributed by atoms with Crippen LogP contribution in [0.1, 0.15) is 12.5 Å². The molecule has 20 heavy (non-hydrogen) atoms. The summed E-state index contributed by atoms with van der Waals surface area (Å²) in [7, 11) is -7.19. The van der Waals surface area contributed by atoms with Crippen LogP contribution < -0.4 is 4.72 Å². The number of hydrogen-bond donors (Lipinski definition) is 2. The molecule has 0 saturated carbocycles. The van der Waals surface area contributed by atoms with E-state index in [2.05, 4.69) is 4.72 Å². The van der Waals surface area contributed by atoms with E-state index in [1.54, 1.807) is 37.3 Å². The Morgan fingerprint density at radius 2 is 1.65 bits per heavy atom. The SMILES string of the molecule is CC(CO)(NS(=O)(=O)CCS(C)(=O)=O)c1ccccc1. The number of rotatable bonds is 7. The fourth-order valence-corrected chi connectivity index (χ4v) is 4.70. The van der Waals surface area contributed by atoms with Crippen LogP contribution in [0.4, 0.5) is 0 Å². The molecule has 0 aliphatic rings. The third-order valence-corrected chi connectivity index (χ3v) is 5.54. The normalized spacial score (nSPS) is 15.8. The molecule has 0 bridgehead atoms. The smallest absolute Gasteiger partial charge is 0.213 e. The summed E-state index contributed by atoms with van der Waals surface area (Å²) in [4.78, 5) is 0. The maximum absolute atomic E-state index is 11.9. The molecular formula is C12H19NO5S2. The van der Waals surface area contributed by atoms with Crippen LogP contribution in [0.5, 0.6) is 0 Å². The molecule has 6 nitrogen and oxygen atoms in total. The summed E-state index contributed by atoms with van der Waals surface area (Å²) in [5.74, 6) is -0.993. The van der Waals surface area contributed by atoms with Gasteiger partial charge in [0.1, 0.15) is 9.84 Å². The zero-order valence-corrected chi connectivity index (χ0v) is 13.0. The zero-order valence-electron chi connectivity index (χ0n) is 11.4. The predicted octanol–water partition coefficient (Wildman–Crippen LogP) is -0.142. The van der Waals surface area contributed by atoms with Crippen molar-refractivity contribution in [1.29, 1.82) is 0 Å². The van der Waals surface area contributed by atoms with E-state index in [9.17, 15) is 21.9 Å². The van der Waals surface area contributed by atoms with Crippen molar-refractivity contribution in [3.05, 3.63) is 35.9 Å². The monoisotopic (exact) mass is 321 g/mol. The molecule has 0 fully saturated rings. The lowest BCUT2D eigenvalue weighted by atomic mass is 9.94. The molecular weight excluding hydrogens is 302 g/mol. The van der Waals surface area contributed by atoms with Crippen molar-refractivity contribution >= 4 is 19.9 Å². The maximum Gasteiger partial charge on any atom is 0.213 e. The molecule has 0 spiro atoms. The Bertz CT molecular complexity index is 640. The van der Waals surface area contributed by atoms with Crippen LogP contribution in [0.3, 0.4) is 0 Å². The second kappa shape index (κ2) is 6.21. The molecule has 0 heterocycles. The first kappa shape index (κ1) is 17.1. The van der Waals surface area contributed by atoms with Gasteiger partial charge in [-0.05, 0) is 12.5 Å². The zero-order chi connectivity index (χ0) is 15.4. The van der Waals surface area contributed by atoms with E-state index in [4.69, 9.17) is 0 Å². The third kappa shape index (κ3) is 5.20. The minimum atomic E-state index is -3.82. The summed E-state index contributed by atoms with van der Waals surface area (Å²) in [6.45, 7) is 1.11. The highest BCUT2D eigenvalue weighted by atomic mass is 32.2. The van der Waals surface area contributed by atoms with Crippen molar-refractivity contribution in [3.8, 4) is 0 Å². The topological polar surface area (TPSA) is 101 Å². The quantitative estimate of drug-likeness (QED) is 0.728. The van der Waals surface area contributed by atoms with Crippen LogP contribution in [-0.2, 0) is 25.4 Å². The van der Waals surface area contributed by atoms with Gasteiger partial charge in [0.2, 0.25) is 10.0 Å². The summed E-state index contributed by atoms with van der Waals surface area (Å²) in [6.07, 6.45) is 0.977. The fourth-order valence-electron chi connectivity index (χ4n) is 1.64. The molecule has 0 radical (unpaired) electrons. The van der Waals surface area contributed by atoms with Gasteiger partial charge < -0.3 is 5.11 Å². The molecule has 0 aromatic heterocycles. The van der Waals surface area contributed by atoms with Gasteiger partial charge in [0.15, 0.2) is 0 Å². The van der Waals surface area contributed by atoms with Crippen molar-refractivity contribution < 1.29 is 21.9 Å². The number of aliphatic hydroxyl groups excluding tert-OH is 1. The van der Waals surface area contributed by atoms with Gasteiger partial charge in [-0.3, -0.25) is 0 Å². The highest BCUT2D eigenvalue weighted by Crippen LogP contribution is 2.21. The van der Waals surface area contributed by atoms with Crippen molar-refractivity contribution in [2.75, 3.05) is 24.4 Å². The molecule has 2 N–H and O–H groups in total. The average molecular weight is 321 g/mol. The van der Waals surface area contributed by atoms with E-state index >= 15 is 0 Å². The van der Waals surface area contributed by atoms with Gasteiger partial charge in [-0.25, -0.2) is 21.6 Å². The lowest BCUT2D eigenvalue weighted by Crippen LogP contribution is -2.47. The number of sulfone groups is 1. The van der Waals surface area contributed by atoms with E-state index in [1.807, 2.05) is 0 Å². The summed E-state index contributed by atoms with van der Waals surface area (Å²) in [5, 5.41) is 9.48. The van der Waals surface area contributed by atoms with Crippen LogP contribution in [0, 0.1) is 0 Å². The van der Waals surface area contributed by atoms with E-state index in [-0.39, 0.29) is 0 Å². The van der Waals surface area contributed by atoms with Crippen LogP contribution in [0.25, 0.3) is 0 Å². The molecule has 0 aliphatic heterocycles. The van der Waals surface area contributed by atoms with E-state index in [0.717, 1.165) is 6.26 Å². The maximum atomic E-state index is 11.9. The molecule has 114 valence electrons. The van der Waals surface area contributed by atoms with Gasteiger partial charge >= 0.3 is 0 Å². The number of benzene rings is 1. The molecule has 0 amide bonds. The molecule has 1 aromatic carbocycles. The summed E-state index contributed by atoms with van der Waals surface area (Å²) in [5.41, 5.74) is -0.581. The average Bonchev–Trinajstić information content (AvgIpc) is 2.36. The number of hydrogen-bond acceptors (Lipinski definition) is 5. The van der Waals surface area contributed by atoms with Crippen LogP contribution in [-0.4, -0.2) is 46.3 Å². The van der Waals surface area contributed by atoms with Crippen molar-refractivity contribution in [2.45, 2.75) is 12.5 Å². The standard InChI is InChI=1S/C12H19NO5S2/c1-12(10-14,11-6-4-3-5-7-11)13-20(17,18)9-8-19(2,15)16/h3-7,13-14H,8-10H2,1-2H3. The van der Waals surface area contributed by atoms with Gasteiger partial charge in [0.05, 0.1) is 23.7 Å². The molecule has 1 atom stereocenters. The first-order chi connectivity index (χ1) is 9.08. The van der Waals surface area contributed by atoms with Gasteiger partial charge in [-0.1, -0.05) is 30.3 Å². The summed E-state index contributed by atoms with van der Waals surface area (Å²) >= 11 is 0. The first-order valence-electron chi connectivity index (χ1n) is 5.94. The molecule has 1 unspecified atom stereocenters. The predicted molar refractivity (Wildman–Crippen MR) is 77.5 cm³/mol. The van der Waals surface area contributed by atoms with Crippen molar-refractivity contribution in [3.63, 3.8) is 0 Å². The Hall–Kier alpha value is -0.960. The minimum Gasteiger partial charge on any atom is -0.394 e. The lowest BCUT2D eigenvalue weighted by molar-refractivity contribution is 0.196. The number of aliphatic hydroxyl groups is 1. The van der Waals surface area contributed by atoms with Crippen LogP contribution >= 0.6 is 0 Å². The first-order valence-corrected chi connectivity index (χ1v) is 9.65. The molecule has 0 aliphatic carbocycles. The highest BCUT2D eigenvalue weighted by molar-refractivity contribution is 7.93. The molecule has 8 heteroatoms. The Morgan fingerprint density at radius 1 is 1.10 bits per heavy atom. The number of sulfonamides is 1. The van der Waals surface area contributed by atoms with E-state index in [0.29, 0.717) is 5.56 Å². The van der Waals surface area contributed by atoms with Crippen molar-refractivity contribution in [2.24, 2.45) is 0 Å². The van der Waals surface area contributed by atoms with Gasteiger partial charge in [0, 0.05) is 6.26 Å². The highest BCUT2D eigenvalue weighted by Gasteiger charge is 2.31. The van der Waals surface area contributed by atoms with Crippen molar-refractivity contribution in [1.82, 2.24) is 4.72 Å². The van der Waals surface area contributed by atoms with E-state index in [1.165, 1.54) is 0 Å². The van der Waals surface area contributed by atoms with E-state index < -0.39 is 43.5 Å². The third-order valence-electron chi connectivity index (χ3n) is 2.83. The van der Waals surface area contributed by atoms with Crippen LogP contribution in [0.2, 0.25) is 0 Å². The summed E-state index contributed by atoms with van der Waals surface area (Å²) in [6, 6.07) is 8.62. The fraction of sp³-hybridized carbons (Fsp3) is 0.500. The Labute approximate surface area is 119 Å². The van der Waals surface area contributed by atoms with Gasteiger partial charge in [-0.15, -0.1) is 0 Å². The summed E-state index contributed by atoms with van der Waals surface area (Å²) < 4.78 is 48.3. The molecule has 1 aromatic rings. The lowest BCUT2D eigenvalue weighted by Gasteiger charge is -2.28. The molecule has 0 saturated heterocycles. The second-order valence-electron chi connectivity index (χ2n) is 4.91. The van der Waals surface area contributed by atoms with Crippen LogP contribution in [0.15, 0.2) is 30.3 Å². The minimum absolute atomic E-state index is 0.435. The van der Waals surface area contributed by atoms with Gasteiger partial charge in [-0.2, -0.15) is 0 Å². The Balaban J connectivity index is 2.93. The number of nitrogens with one attached hydrogen (secondary N) is 1. The molecule has 1 rings (SSSR count).